The molecule has 0 spiro atoms. The summed E-state index contributed by atoms with van der Waals surface area (Å²) in [5.74, 6) is -2.31. The van der Waals surface area contributed by atoms with E-state index in [4.69, 9.17) is 10.8 Å². The molecule has 0 fully saturated rings. The Morgan fingerprint density at radius 1 is 1.45 bits per heavy atom. The number of H-pyrrole nitrogens is 1. The van der Waals surface area contributed by atoms with Gasteiger partial charge in [-0.1, -0.05) is 0 Å². The molecule has 1 aromatic rings. The van der Waals surface area contributed by atoms with Gasteiger partial charge in [-0.25, -0.2) is 13.2 Å². The molecule has 1 rings (SSSR count). The minimum atomic E-state index is -4.20. The molecule has 10 heteroatoms. The van der Waals surface area contributed by atoms with E-state index >= 15 is 0 Å². The first kappa shape index (κ1) is 16.1. The lowest BCUT2D eigenvalue weighted by molar-refractivity contribution is -0.118. The minimum absolute atomic E-state index is 0.0810. The van der Waals surface area contributed by atoms with Crippen LogP contribution < -0.4 is 5.73 Å². The van der Waals surface area contributed by atoms with Gasteiger partial charge >= 0.3 is 5.97 Å². The van der Waals surface area contributed by atoms with Gasteiger partial charge in [0.05, 0.1) is 12.2 Å². The Kier molecular flexibility index (Phi) is 4.50. The fraction of sp³-hybridized carbons (Fsp3) is 0.500. The second-order valence-corrected chi connectivity index (χ2v) is 6.27. The lowest BCUT2D eigenvalue weighted by Crippen LogP contribution is -2.43. The summed E-state index contributed by atoms with van der Waals surface area (Å²) in [6.45, 7) is 3.95. The third kappa shape index (κ3) is 2.96. The Bertz CT molecular complexity index is 634. The lowest BCUT2D eigenvalue weighted by Gasteiger charge is -2.24. The van der Waals surface area contributed by atoms with Crippen LogP contribution in [0.3, 0.4) is 0 Å². The average Bonchev–Trinajstić information content (AvgIpc) is 2.68. The number of aryl methyl sites for hydroxylation is 1. The van der Waals surface area contributed by atoms with Crippen LogP contribution in [0.5, 0.6) is 0 Å². The number of sulfonamides is 1. The smallest absolute Gasteiger partial charge is 0.357 e. The summed E-state index contributed by atoms with van der Waals surface area (Å²) in [6, 6.07) is -0.566. The van der Waals surface area contributed by atoms with Crippen LogP contribution in [-0.4, -0.2) is 52.5 Å². The van der Waals surface area contributed by atoms with Gasteiger partial charge in [-0.2, -0.15) is 9.40 Å². The highest BCUT2D eigenvalue weighted by Crippen LogP contribution is 2.23. The molecule has 0 aromatic carbocycles. The second kappa shape index (κ2) is 5.59. The normalized spacial score (nSPS) is 12.1. The first-order chi connectivity index (χ1) is 9.09. The van der Waals surface area contributed by atoms with Crippen molar-refractivity contribution in [1.82, 2.24) is 14.5 Å². The molecule has 1 amide bonds. The molecule has 112 valence electrons. The zero-order valence-electron chi connectivity index (χ0n) is 11.2. The number of nitrogens with one attached hydrogen (secondary N) is 1. The van der Waals surface area contributed by atoms with Crippen LogP contribution in [0.15, 0.2) is 4.90 Å². The predicted octanol–water partition coefficient (Wildman–Crippen LogP) is -0.699. The molecule has 0 radical (unpaired) electrons. The van der Waals surface area contributed by atoms with Crippen molar-refractivity contribution in [3.63, 3.8) is 0 Å². The van der Waals surface area contributed by atoms with Crippen molar-refractivity contribution >= 4 is 21.9 Å². The third-order valence-electron chi connectivity index (χ3n) is 2.55. The Balaban J connectivity index is 3.45. The van der Waals surface area contributed by atoms with E-state index < -0.39 is 45.1 Å². The summed E-state index contributed by atoms with van der Waals surface area (Å²) >= 11 is 0. The molecular weight excluding hydrogens is 288 g/mol. The fourth-order valence-corrected chi connectivity index (χ4v) is 3.59. The number of aromatic amines is 1. The fourth-order valence-electron chi connectivity index (χ4n) is 1.70. The van der Waals surface area contributed by atoms with Crippen molar-refractivity contribution in [2.75, 3.05) is 6.54 Å². The number of nitrogens with zero attached hydrogens (tertiary/aromatic N) is 2. The van der Waals surface area contributed by atoms with Crippen LogP contribution in [0.2, 0.25) is 0 Å². The van der Waals surface area contributed by atoms with Gasteiger partial charge in [-0.15, -0.1) is 0 Å². The first-order valence-electron chi connectivity index (χ1n) is 5.67. The van der Waals surface area contributed by atoms with Gasteiger partial charge in [0.25, 0.3) is 0 Å². The molecule has 0 aliphatic heterocycles. The number of amides is 1. The summed E-state index contributed by atoms with van der Waals surface area (Å²) in [5, 5.41) is 14.8. The van der Waals surface area contributed by atoms with Gasteiger partial charge in [0.2, 0.25) is 15.9 Å². The number of nitrogens with two attached hydrogens (primary N) is 1. The van der Waals surface area contributed by atoms with Crippen molar-refractivity contribution in [1.29, 1.82) is 0 Å². The number of carboxylic acid groups (broad SMARTS) is 1. The molecule has 4 N–H and O–H groups in total. The maximum atomic E-state index is 12.5. The standard InChI is InChI=1S/C10H16N4O5S/c1-5(2)14(4-7(11)15)20(18,19)9-6(3)12-13-8(9)10(16)17/h5H,4H2,1-3H3,(H2,11,15)(H,12,13)(H,16,17). The molecule has 0 unspecified atom stereocenters. The van der Waals surface area contributed by atoms with Gasteiger partial charge in [0.15, 0.2) is 5.69 Å². The van der Waals surface area contributed by atoms with Crippen LogP contribution in [0.4, 0.5) is 0 Å². The van der Waals surface area contributed by atoms with Crippen molar-refractivity contribution in [3.05, 3.63) is 11.4 Å². The Morgan fingerprint density at radius 2 is 2.00 bits per heavy atom. The Morgan fingerprint density at radius 3 is 2.40 bits per heavy atom. The number of rotatable bonds is 6. The average molecular weight is 304 g/mol. The zero-order chi connectivity index (χ0) is 15.7. The number of hydrogen-bond donors (Lipinski definition) is 3. The zero-order valence-corrected chi connectivity index (χ0v) is 12.1. The first-order valence-corrected chi connectivity index (χ1v) is 7.11. The highest BCUT2D eigenvalue weighted by Gasteiger charge is 2.35. The van der Waals surface area contributed by atoms with E-state index in [2.05, 4.69) is 10.2 Å². The van der Waals surface area contributed by atoms with Crippen LogP contribution in [0.1, 0.15) is 30.0 Å². The number of aromatic carboxylic acids is 1. The van der Waals surface area contributed by atoms with Gasteiger partial charge in [-0.3, -0.25) is 9.89 Å². The van der Waals surface area contributed by atoms with E-state index in [9.17, 15) is 18.0 Å². The molecule has 0 saturated heterocycles. The summed E-state index contributed by atoms with van der Waals surface area (Å²) in [4.78, 5) is 21.6. The maximum absolute atomic E-state index is 12.5. The van der Waals surface area contributed by atoms with Gasteiger partial charge < -0.3 is 10.8 Å². The van der Waals surface area contributed by atoms with Crippen LogP contribution in [0.25, 0.3) is 0 Å². The molecule has 1 heterocycles. The molecular formula is C10H16N4O5S. The molecule has 0 aliphatic carbocycles. The second-order valence-electron chi connectivity index (χ2n) is 4.44. The number of hydrogen-bond acceptors (Lipinski definition) is 5. The summed E-state index contributed by atoms with van der Waals surface area (Å²) in [5.41, 5.74) is 4.50. The minimum Gasteiger partial charge on any atom is -0.476 e. The quantitative estimate of drug-likeness (QED) is 0.633. The number of carboxylic acids is 1. The van der Waals surface area contributed by atoms with E-state index in [-0.39, 0.29) is 5.69 Å². The molecule has 0 bridgehead atoms. The molecule has 0 aliphatic rings. The Hall–Kier alpha value is -1.94. The predicted molar refractivity (Wildman–Crippen MR) is 68.5 cm³/mol. The number of primary amides is 1. The van der Waals surface area contributed by atoms with Crippen LogP contribution in [0, 0.1) is 6.92 Å². The SMILES string of the molecule is Cc1[nH]nc(C(=O)O)c1S(=O)(=O)N(CC(N)=O)C(C)C. The Labute approximate surface area is 115 Å². The topological polar surface area (TPSA) is 146 Å². The van der Waals surface area contributed by atoms with Gasteiger partial charge in [-0.05, 0) is 20.8 Å². The number of aromatic nitrogens is 2. The van der Waals surface area contributed by atoms with Crippen molar-refractivity contribution in [3.8, 4) is 0 Å². The molecule has 0 atom stereocenters. The molecule has 9 nitrogen and oxygen atoms in total. The van der Waals surface area contributed by atoms with E-state index in [1.165, 1.54) is 6.92 Å². The summed E-state index contributed by atoms with van der Waals surface area (Å²) in [7, 11) is -4.20. The molecule has 0 saturated carbocycles. The molecule has 20 heavy (non-hydrogen) atoms. The van der Waals surface area contributed by atoms with E-state index in [1.807, 2.05) is 0 Å². The molecule has 1 aromatic heterocycles. The number of carbonyl (C=O) groups is 2. The highest BCUT2D eigenvalue weighted by atomic mass is 32.2. The van der Waals surface area contributed by atoms with Crippen LogP contribution in [-0.2, 0) is 14.8 Å². The maximum Gasteiger partial charge on any atom is 0.357 e. The van der Waals surface area contributed by atoms with Crippen molar-refractivity contribution in [2.24, 2.45) is 5.73 Å². The third-order valence-corrected chi connectivity index (χ3v) is 4.73. The van der Waals surface area contributed by atoms with Crippen molar-refractivity contribution < 1.29 is 23.1 Å². The van der Waals surface area contributed by atoms with Crippen LogP contribution >= 0.6 is 0 Å². The van der Waals surface area contributed by atoms with Crippen molar-refractivity contribution in [2.45, 2.75) is 31.7 Å². The van der Waals surface area contributed by atoms with E-state index in [0.29, 0.717) is 0 Å². The van der Waals surface area contributed by atoms with Gasteiger partial charge in [0.1, 0.15) is 4.90 Å². The number of carbonyl (C=O) groups excluding carboxylic acids is 1. The van der Waals surface area contributed by atoms with E-state index in [1.54, 1.807) is 13.8 Å². The highest BCUT2D eigenvalue weighted by molar-refractivity contribution is 7.89. The largest absolute Gasteiger partial charge is 0.476 e. The van der Waals surface area contributed by atoms with Gasteiger partial charge in [0, 0.05) is 6.04 Å². The lowest BCUT2D eigenvalue weighted by atomic mass is 10.4. The van der Waals surface area contributed by atoms with E-state index in [0.717, 1.165) is 4.31 Å². The summed E-state index contributed by atoms with van der Waals surface area (Å²) < 4.78 is 25.9. The summed E-state index contributed by atoms with van der Waals surface area (Å²) in [6.07, 6.45) is 0. The monoisotopic (exact) mass is 304 g/mol.